The Morgan fingerprint density at radius 2 is 1.41 bits per heavy atom. The molecule has 0 bridgehead atoms. The van der Waals surface area contributed by atoms with Gasteiger partial charge in [-0.05, 0) is 48.7 Å². The van der Waals surface area contributed by atoms with Crippen molar-refractivity contribution < 1.29 is 14.4 Å². The number of aryl methyl sites for hydroxylation is 1. The van der Waals surface area contributed by atoms with Gasteiger partial charge in [0.1, 0.15) is 6.04 Å². The van der Waals surface area contributed by atoms with Crippen molar-refractivity contribution in [2.75, 3.05) is 10.6 Å². The van der Waals surface area contributed by atoms with E-state index in [0.29, 0.717) is 16.9 Å². The monoisotopic (exact) mass is 367 g/mol. The van der Waals surface area contributed by atoms with Crippen molar-refractivity contribution in [2.45, 2.75) is 33.7 Å². The van der Waals surface area contributed by atoms with Crippen molar-refractivity contribution in [3.05, 3.63) is 59.7 Å². The number of nitrogens with one attached hydrogen (secondary N) is 3. The van der Waals surface area contributed by atoms with Crippen LogP contribution in [0, 0.1) is 12.8 Å². The largest absolute Gasteiger partial charge is 0.340 e. The molecule has 0 heterocycles. The van der Waals surface area contributed by atoms with Gasteiger partial charge in [-0.3, -0.25) is 14.4 Å². The third-order valence-electron chi connectivity index (χ3n) is 4.10. The van der Waals surface area contributed by atoms with Crippen molar-refractivity contribution in [3.63, 3.8) is 0 Å². The molecule has 1 unspecified atom stereocenters. The fourth-order valence-corrected chi connectivity index (χ4v) is 2.64. The summed E-state index contributed by atoms with van der Waals surface area (Å²) < 4.78 is 0. The Hall–Kier alpha value is -3.15. The van der Waals surface area contributed by atoms with Crippen LogP contribution in [0.5, 0.6) is 0 Å². The van der Waals surface area contributed by atoms with Gasteiger partial charge in [0.15, 0.2) is 0 Å². The smallest absolute Gasteiger partial charge is 0.252 e. The van der Waals surface area contributed by atoms with Gasteiger partial charge in [-0.25, -0.2) is 0 Å². The zero-order valence-electron chi connectivity index (χ0n) is 16.0. The summed E-state index contributed by atoms with van der Waals surface area (Å²) in [4.78, 5) is 36.3. The minimum absolute atomic E-state index is 0.0865. The molecule has 3 amide bonds. The topological polar surface area (TPSA) is 87.3 Å². The second-order valence-corrected chi connectivity index (χ2v) is 6.76. The van der Waals surface area contributed by atoms with Gasteiger partial charge >= 0.3 is 0 Å². The van der Waals surface area contributed by atoms with Crippen molar-refractivity contribution in [1.82, 2.24) is 5.32 Å². The molecule has 0 spiro atoms. The average molecular weight is 367 g/mol. The van der Waals surface area contributed by atoms with E-state index in [1.807, 2.05) is 32.9 Å². The van der Waals surface area contributed by atoms with Crippen LogP contribution in [-0.2, 0) is 9.59 Å². The Labute approximate surface area is 159 Å². The fraction of sp³-hybridized carbons (Fsp3) is 0.286. The van der Waals surface area contributed by atoms with Crippen molar-refractivity contribution >= 4 is 29.1 Å². The predicted molar refractivity (Wildman–Crippen MR) is 107 cm³/mol. The Morgan fingerprint density at radius 1 is 0.852 bits per heavy atom. The summed E-state index contributed by atoms with van der Waals surface area (Å²) in [6.45, 7) is 7.04. The van der Waals surface area contributed by atoms with Gasteiger partial charge in [-0.2, -0.15) is 0 Å². The molecule has 142 valence electrons. The molecule has 0 aliphatic heterocycles. The van der Waals surface area contributed by atoms with Gasteiger partial charge in [-0.1, -0.05) is 32.0 Å². The molecule has 2 aromatic rings. The summed E-state index contributed by atoms with van der Waals surface area (Å²) in [5, 5.41) is 8.30. The van der Waals surface area contributed by atoms with E-state index in [9.17, 15) is 14.4 Å². The van der Waals surface area contributed by atoms with E-state index < -0.39 is 6.04 Å². The van der Waals surface area contributed by atoms with E-state index in [0.717, 1.165) is 5.56 Å². The fourth-order valence-electron chi connectivity index (χ4n) is 2.64. The molecule has 2 rings (SSSR count). The molecule has 0 aromatic heterocycles. The van der Waals surface area contributed by atoms with Gasteiger partial charge in [0.25, 0.3) is 5.91 Å². The van der Waals surface area contributed by atoms with Crippen molar-refractivity contribution in [3.8, 4) is 0 Å². The number of carbonyl (C=O) groups is 3. The number of amides is 3. The average Bonchev–Trinajstić information content (AvgIpc) is 2.60. The lowest BCUT2D eigenvalue weighted by atomic mass is 10.0. The zero-order chi connectivity index (χ0) is 20.0. The van der Waals surface area contributed by atoms with Crippen LogP contribution in [0.15, 0.2) is 48.5 Å². The summed E-state index contributed by atoms with van der Waals surface area (Å²) in [6, 6.07) is 13.4. The highest BCUT2D eigenvalue weighted by Crippen LogP contribution is 2.15. The highest BCUT2D eigenvalue weighted by Gasteiger charge is 2.25. The number of anilines is 2. The van der Waals surface area contributed by atoms with Crippen LogP contribution in [0.3, 0.4) is 0 Å². The molecule has 0 saturated heterocycles. The zero-order valence-corrected chi connectivity index (χ0v) is 16.0. The lowest BCUT2D eigenvalue weighted by Gasteiger charge is -2.22. The second-order valence-electron chi connectivity index (χ2n) is 6.76. The molecule has 0 saturated carbocycles. The molecule has 0 aliphatic carbocycles. The molecule has 6 nitrogen and oxygen atoms in total. The van der Waals surface area contributed by atoms with E-state index >= 15 is 0 Å². The van der Waals surface area contributed by atoms with Crippen LogP contribution < -0.4 is 16.0 Å². The van der Waals surface area contributed by atoms with Crippen LogP contribution in [-0.4, -0.2) is 23.8 Å². The maximum atomic E-state index is 12.7. The van der Waals surface area contributed by atoms with Crippen LogP contribution in [0.2, 0.25) is 0 Å². The first-order chi connectivity index (χ1) is 12.8. The first-order valence-electron chi connectivity index (χ1n) is 8.83. The molecular weight excluding hydrogens is 342 g/mol. The third kappa shape index (κ3) is 5.67. The predicted octanol–water partition coefficient (Wildman–Crippen LogP) is 3.35. The summed E-state index contributed by atoms with van der Waals surface area (Å²) in [7, 11) is 0. The molecule has 1 atom stereocenters. The number of hydrogen-bond acceptors (Lipinski definition) is 3. The number of benzene rings is 2. The molecule has 27 heavy (non-hydrogen) atoms. The first-order valence-corrected chi connectivity index (χ1v) is 8.83. The molecule has 0 fully saturated rings. The Morgan fingerprint density at radius 3 is 1.93 bits per heavy atom. The summed E-state index contributed by atoms with van der Waals surface area (Å²) >= 11 is 0. The maximum absolute atomic E-state index is 12.7. The van der Waals surface area contributed by atoms with E-state index in [-0.39, 0.29) is 23.6 Å². The van der Waals surface area contributed by atoms with Crippen LogP contribution >= 0.6 is 0 Å². The molecule has 2 aromatic carbocycles. The highest BCUT2D eigenvalue weighted by molar-refractivity contribution is 6.02. The van der Waals surface area contributed by atoms with E-state index in [2.05, 4.69) is 16.0 Å². The van der Waals surface area contributed by atoms with E-state index in [1.165, 1.54) is 6.92 Å². The Bertz CT molecular complexity index is 829. The van der Waals surface area contributed by atoms with Crippen LogP contribution in [0.25, 0.3) is 0 Å². The normalized spacial score (nSPS) is 11.6. The summed E-state index contributed by atoms with van der Waals surface area (Å²) in [5.41, 5.74) is 2.64. The summed E-state index contributed by atoms with van der Waals surface area (Å²) in [6.07, 6.45) is 0. The molecule has 0 radical (unpaired) electrons. The van der Waals surface area contributed by atoms with E-state index in [1.54, 1.807) is 36.4 Å². The van der Waals surface area contributed by atoms with Gasteiger partial charge in [0.2, 0.25) is 11.8 Å². The Kier molecular flexibility index (Phi) is 6.71. The van der Waals surface area contributed by atoms with Gasteiger partial charge in [-0.15, -0.1) is 0 Å². The number of hydrogen-bond donors (Lipinski definition) is 3. The molecule has 6 heteroatoms. The maximum Gasteiger partial charge on any atom is 0.252 e. The summed E-state index contributed by atoms with van der Waals surface area (Å²) in [5.74, 6) is -0.815. The van der Waals surface area contributed by atoms with Crippen LogP contribution in [0.1, 0.15) is 36.7 Å². The first kappa shape index (κ1) is 20.2. The Balaban J connectivity index is 2.07. The number of rotatable bonds is 6. The van der Waals surface area contributed by atoms with Crippen molar-refractivity contribution in [2.24, 2.45) is 5.92 Å². The lowest BCUT2D eigenvalue weighted by Crippen LogP contribution is -2.47. The van der Waals surface area contributed by atoms with Gasteiger partial charge < -0.3 is 16.0 Å². The minimum atomic E-state index is -0.674. The van der Waals surface area contributed by atoms with E-state index in [4.69, 9.17) is 0 Å². The third-order valence-corrected chi connectivity index (χ3v) is 4.10. The number of carbonyl (C=O) groups excluding carboxylic acids is 3. The van der Waals surface area contributed by atoms with Gasteiger partial charge in [0, 0.05) is 23.9 Å². The molecule has 3 N–H and O–H groups in total. The second kappa shape index (κ2) is 8.98. The minimum Gasteiger partial charge on any atom is -0.340 e. The quantitative estimate of drug-likeness (QED) is 0.732. The molecular formula is C21H25N3O3. The SMILES string of the molecule is CC(=O)Nc1ccc(NC(=O)C(NC(=O)c2ccccc2C)C(C)C)cc1. The van der Waals surface area contributed by atoms with Crippen LogP contribution in [0.4, 0.5) is 11.4 Å². The lowest BCUT2D eigenvalue weighted by molar-refractivity contribution is -0.119. The van der Waals surface area contributed by atoms with Gasteiger partial charge in [0.05, 0.1) is 0 Å². The molecule has 0 aliphatic rings. The standard InChI is InChI=1S/C21H25N3O3/c1-13(2)19(24-20(26)18-8-6-5-7-14(18)3)21(27)23-17-11-9-16(10-12-17)22-15(4)25/h5-13,19H,1-4H3,(H,22,25)(H,23,27)(H,24,26). The van der Waals surface area contributed by atoms with Crippen molar-refractivity contribution in [1.29, 1.82) is 0 Å². The highest BCUT2D eigenvalue weighted by atomic mass is 16.2.